The lowest BCUT2D eigenvalue weighted by Crippen LogP contribution is -2.45. The molecule has 0 bridgehead atoms. The molecule has 104 valence electrons. The minimum Gasteiger partial charge on any atom is -0.467 e. The molecule has 0 spiro atoms. The molecule has 0 aliphatic carbocycles. The Morgan fingerprint density at radius 1 is 1.42 bits per heavy atom. The summed E-state index contributed by atoms with van der Waals surface area (Å²) in [6.07, 6.45) is 0.760. The van der Waals surface area contributed by atoms with Crippen molar-refractivity contribution in [2.45, 2.75) is 26.3 Å². The molecule has 0 saturated carbocycles. The van der Waals surface area contributed by atoms with Crippen molar-refractivity contribution in [2.75, 3.05) is 7.11 Å². The molecule has 4 nitrogen and oxygen atoms in total. The number of hydrogen-bond donors (Lipinski definition) is 1. The second-order valence-electron chi connectivity index (χ2n) is 4.37. The van der Waals surface area contributed by atoms with Crippen LogP contribution in [0.25, 0.3) is 0 Å². The zero-order valence-corrected chi connectivity index (χ0v) is 12.0. The van der Waals surface area contributed by atoms with E-state index in [0.717, 1.165) is 6.42 Å². The maximum Gasteiger partial charge on any atom is 0.328 e. The quantitative estimate of drug-likeness (QED) is 0.845. The predicted octanol–water partition coefficient (Wildman–Crippen LogP) is 2.66. The molecule has 0 fully saturated rings. The first-order chi connectivity index (χ1) is 8.99. The summed E-state index contributed by atoms with van der Waals surface area (Å²) in [4.78, 5) is 23.8. The Labute approximate surface area is 118 Å². The number of amides is 1. The van der Waals surface area contributed by atoms with Crippen LogP contribution in [0.4, 0.5) is 0 Å². The molecule has 0 saturated heterocycles. The number of ether oxygens (including phenoxy) is 1. The van der Waals surface area contributed by atoms with Gasteiger partial charge in [0.25, 0.3) is 5.91 Å². The molecule has 0 aliphatic heterocycles. The third-order valence-corrected chi connectivity index (χ3v) is 3.28. The largest absolute Gasteiger partial charge is 0.467 e. The molecule has 1 aromatic rings. The van der Waals surface area contributed by atoms with Crippen LogP contribution in [0.5, 0.6) is 0 Å². The molecule has 1 rings (SSSR count). The summed E-state index contributed by atoms with van der Waals surface area (Å²) in [5.41, 5.74) is 0.421. The van der Waals surface area contributed by atoms with E-state index in [1.165, 1.54) is 7.11 Å². The van der Waals surface area contributed by atoms with Crippen LogP contribution < -0.4 is 5.32 Å². The Morgan fingerprint density at radius 3 is 2.63 bits per heavy atom. The molecule has 1 amide bonds. The van der Waals surface area contributed by atoms with E-state index in [1.807, 2.05) is 13.8 Å². The topological polar surface area (TPSA) is 55.4 Å². The Kier molecular flexibility index (Phi) is 5.83. The molecular formula is C14H18ClNO3. The number of hydrogen-bond acceptors (Lipinski definition) is 3. The molecule has 1 aromatic carbocycles. The van der Waals surface area contributed by atoms with Gasteiger partial charge < -0.3 is 10.1 Å². The standard InChI is InChI=1S/C14H18ClNO3/c1-4-9(2)12(14(18)19-3)16-13(17)10-6-5-7-11(15)8-10/h5-9,12H,4H2,1-3H3,(H,16,17)/t9-,12-/m1/s1. The lowest BCUT2D eigenvalue weighted by atomic mass is 9.99. The maximum atomic E-state index is 12.1. The van der Waals surface area contributed by atoms with E-state index in [4.69, 9.17) is 16.3 Å². The van der Waals surface area contributed by atoms with E-state index >= 15 is 0 Å². The summed E-state index contributed by atoms with van der Waals surface area (Å²) in [6, 6.07) is 5.92. The van der Waals surface area contributed by atoms with E-state index in [1.54, 1.807) is 24.3 Å². The van der Waals surface area contributed by atoms with E-state index in [2.05, 4.69) is 5.32 Å². The van der Waals surface area contributed by atoms with Crippen molar-refractivity contribution in [3.05, 3.63) is 34.9 Å². The van der Waals surface area contributed by atoms with Crippen molar-refractivity contribution in [3.8, 4) is 0 Å². The molecule has 1 N–H and O–H groups in total. The number of benzene rings is 1. The monoisotopic (exact) mass is 283 g/mol. The van der Waals surface area contributed by atoms with Gasteiger partial charge in [0.05, 0.1) is 7.11 Å². The molecule has 0 heterocycles. The number of nitrogens with one attached hydrogen (secondary N) is 1. The molecule has 19 heavy (non-hydrogen) atoms. The maximum absolute atomic E-state index is 12.1. The molecule has 5 heteroatoms. The van der Waals surface area contributed by atoms with Crippen LogP contribution in [0, 0.1) is 5.92 Å². The zero-order chi connectivity index (χ0) is 14.4. The van der Waals surface area contributed by atoms with Gasteiger partial charge in [-0.25, -0.2) is 4.79 Å². The van der Waals surface area contributed by atoms with Gasteiger partial charge in [-0.2, -0.15) is 0 Å². The second kappa shape index (κ2) is 7.14. The van der Waals surface area contributed by atoms with Crippen LogP contribution in [0.2, 0.25) is 5.02 Å². The molecular weight excluding hydrogens is 266 g/mol. The SMILES string of the molecule is CC[C@@H](C)[C@@H](NC(=O)c1cccc(Cl)c1)C(=O)OC. The Hall–Kier alpha value is -1.55. The Balaban J connectivity index is 2.84. The van der Waals surface area contributed by atoms with Gasteiger partial charge in [-0.15, -0.1) is 0 Å². The summed E-state index contributed by atoms with van der Waals surface area (Å²) in [7, 11) is 1.31. The van der Waals surface area contributed by atoms with E-state index < -0.39 is 12.0 Å². The molecule has 0 aromatic heterocycles. The number of halogens is 1. The molecule has 0 aliphatic rings. The van der Waals surface area contributed by atoms with E-state index in [0.29, 0.717) is 10.6 Å². The predicted molar refractivity (Wildman–Crippen MR) is 74.2 cm³/mol. The highest BCUT2D eigenvalue weighted by atomic mass is 35.5. The average molecular weight is 284 g/mol. The lowest BCUT2D eigenvalue weighted by molar-refractivity contribution is -0.144. The van der Waals surface area contributed by atoms with Crippen LogP contribution in [0.15, 0.2) is 24.3 Å². The van der Waals surface area contributed by atoms with Gasteiger partial charge in [-0.3, -0.25) is 4.79 Å². The lowest BCUT2D eigenvalue weighted by Gasteiger charge is -2.21. The summed E-state index contributed by atoms with van der Waals surface area (Å²) in [6.45, 7) is 3.84. The van der Waals surface area contributed by atoms with Crippen LogP contribution in [-0.4, -0.2) is 25.0 Å². The number of carbonyl (C=O) groups excluding carboxylic acids is 2. The van der Waals surface area contributed by atoms with E-state index in [9.17, 15) is 9.59 Å². The Bertz CT molecular complexity index is 462. The minimum absolute atomic E-state index is 0.00409. The smallest absolute Gasteiger partial charge is 0.328 e. The van der Waals surface area contributed by atoms with Gasteiger partial charge in [0.15, 0.2) is 0 Å². The third-order valence-electron chi connectivity index (χ3n) is 3.04. The number of methoxy groups -OCH3 is 1. The van der Waals surface area contributed by atoms with Gasteiger partial charge in [0, 0.05) is 10.6 Å². The summed E-state index contributed by atoms with van der Waals surface area (Å²) < 4.78 is 4.72. The van der Waals surface area contributed by atoms with Crippen LogP contribution in [0.3, 0.4) is 0 Å². The fourth-order valence-corrected chi connectivity index (χ4v) is 1.84. The van der Waals surface area contributed by atoms with Crippen molar-refractivity contribution in [1.82, 2.24) is 5.32 Å². The fraction of sp³-hybridized carbons (Fsp3) is 0.429. The first kappa shape index (κ1) is 15.5. The van der Waals surface area contributed by atoms with Gasteiger partial charge in [0.1, 0.15) is 6.04 Å². The van der Waals surface area contributed by atoms with E-state index in [-0.39, 0.29) is 11.8 Å². The zero-order valence-electron chi connectivity index (χ0n) is 11.3. The van der Waals surface area contributed by atoms with Crippen LogP contribution in [-0.2, 0) is 9.53 Å². The molecule has 0 unspecified atom stereocenters. The van der Waals surface area contributed by atoms with Crippen LogP contribution >= 0.6 is 11.6 Å². The number of esters is 1. The highest BCUT2D eigenvalue weighted by Gasteiger charge is 2.26. The summed E-state index contributed by atoms with van der Waals surface area (Å²) in [5, 5.41) is 3.17. The highest BCUT2D eigenvalue weighted by molar-refractivity contribution is 6.30. The molecule has 0 radical (unpaired) electrons. The van der Waals surface area contributed by atoms with Crippen molar-refractivity contribution in [3.63, 3.8) is 0 Å². The normalized spacial score (nSPS) is 13.5. The van der Waals surface area contributed by atoms with Crippen molar-refractivity contribution in [1.29, 1.82) is 0 Å². The van der Waals surface area contributed by atoms with Gasteiger partial charge in [0.2, 0.25) is 0 Å². The number of rotatable bonds is 5. The summed E-state index contributed by atoms with van der Waals surface area (Å²) >= 11 is 5.83. The Morgan fingerprint density at radius 2 is 2.11 bits per heavy atom. The fourth-order valence-electron chi connectivity index (χ4n) is 1.65. The number of carbonyl (C=O) groups is 2. The molecule has 2 atom stereocenters. The summed E-state index contributed by atoms with van der Waals surface area (Å²) in [5.74, 6) is -0.779. The van der Waals surface area contributed by atoms with Crippen molar-refractivity contribution >= 4 is 23.5 Å². The van der Waals surface area contributed by atoms with Gasteiger partial charge in [-0.1, -0.05) is 37.9 Å². The van der Waals surface area contributed by atoms with Gasteiger partial charge in [-0.05, 0) is 24.1 Å². The van der Waals surface area contributed by atoms with Gasteiger partial charge >= 0.3 is 5.97 Å². The highest BCUT2D eigenvalue weighted by Crippen LogP contribution is 2.13. The average Bonchev–Trinajstić information content (AvgIpc) is 2.42. The van der Waals surface area contributed by atoms with Crippen molar-refractivity contribution in [2.24, 2.45) is 5.92 Å². The second-order valence-corrected chi connectivity index (χ2v) is 4.81. The third kappa shape index (κ3) is 4.24. The minimum atomic E-state index is -0.651. The van der Waals surface area contributed by atoms with Crippen LogP contribution in [0.1, 0.15) is 30.6 Å². The first-order valence-corrected chi connectivity index (χ1v) is 6.51. The first-order valence-electron chi connectivity index (χ1n) is 6.13. The van der Waals surface area contributed by atoms with Crippen molar-refractivity contribution < 1.29 is 14.3 Å².